The second kappa shape index (κ2) is 4.28. The number of hydrogen-bond acceptors (Lipinski definition) is 3. The maximum atomic E-state index is 10.8. The normalized spacial score (nSPS) is 38.1. The predicted molar refractivity (Wildman–Crippen MR) is 66.2 cm³/mol. The smallest absolute Gasteiger partial charge is 0.0853 e. The number of rotatable bonds is 3. The van der Waals surface area contributed by atoms with Gasteiger partial charge in [-0.2, -0.15) is 0 Å². The SMILES string of the molecule is COCC(C)(N)C1(O)CC(C)CC(C)(C)C1. The van der Waals surface area contributed by atoms with E-state index >= 15 is 0 Å². The minimum atomic E-state index is -0.815. The molecule has 0 aromatic carbocycles. The zero-order valence-electron chi connectivity index (χ0n) is 11.3. The van der Waals surface area contributed by atoms with Crippen molar-refractivity contribution < 1.29 is 9.84 Å². The van der Waals surface area contributed by atoms with E-state index in [9.17, 15) is 5.11 Å². The first-order valence-electron chi connectivity index (χ1n) is 6.12. The molecule has 0 spiro atoms. The molecular weight excluding hydrogens is 202 g/mol. The lowest BCUT2D eigenvalue weighted by Crippen LogP contribution is -2.64. The van der Waals surface area contributed by atoms with E-state index in [-0.39, 0.29) is 5.41 Å². The summed E-state index contributed by atoms with van der Waals surface area (Å²) in [6.07, 6.45) is 2.67. The van der Waals surface area contributed by atoms with Gasteiger partial charge in [0.1, 0.15) is 0 Å². The lowest BCUT2D eigenvalue weighted by Gasteiger charge is -2.51. The Kier molecular flexibility index (Phi) is 3.73. The Labute approximate surface area is 99.4 Å². The van der Waals surface area contributed by atoms with Crippen molar-refractivity contribution in [2.24, 2.45) is 17.1 Å². The van der Waals surface area contributed by atoms with Gasteiger partial charge in [0.05, 0.1) is 17.7 Å². The van der Waals surface area contributed by atoms with Crippen molar-refractivity contribution in [3.8, 4) is 0 Å². The Morgan fingerprint density at radius 3 is 2.44 bits per heavy atom. The molecule has 16 heavy (non-hydrogen) atoms. The van der Waals surface area contributed by atoms with Gasteiger partial charge in [0.15, 0.2) is 0 Å². The molecule has 96 valence electrons. The van der Waals surface area contributed by atoms with Gasteiger partial charge in [0.25, 0.3) is 0 Å². The molecule has 3 atom stereocenters. The number of nitrogens with two attached hydrogens (primary N) is 1. The molecule has 0 saturated heterocycles. The molecule has 0 heterocycles. The molecule has 3 N–H and O–H groups in total. The molecule has 1 rings (SSSR count). The maximum Gasteiger partial charge on any atom is 0.0853 e. The van der Waals surface area contributed by atoms with Crippen LogP contribution in [0.2, 0.25) is 0 Å². The molecule has 0 aromatic heterocycles. The minimum absolute atomic E-state index is 0.154. The van der Waals surface area contributed by atoms with Crippen LogP contribution in [0.3, 0.4) is 0 Å². The van der Waals surface area contributed by atoms with Gasteiger partial charge < -0.3 is 15.6 Å². The van der Waals surface area contributed by atoms with Gasteiger partial charge >= 0.3 is 0 Å². The van der Waals surface area contributed by atoms with Gasteiger partial charge in [0, 0.05) is 7.11 Å². The Morgan fingerprint density at radius 2 is 2.00 bits per heavy atom. The first-order valence-corrected chi connectivity index (χ1v) is 6.12. The van der Waals surface area contributed by atoms with E-state index in [1.807, 2.05) is 6.92 Å². The highest BCUT2D eigenvalue weighted by atomic mass is 16.5. The first kappa shape index (κ1) is 13.9. The molecule has 1 aliphatic rings. The monoisotopic (exact) mass is 229 g/mol. The summed E-state index contributed by atoms with van der Waals surface area (Å²) in [6, 6.07) is 0. The fraction of sp³-hybridized carbons (Fsp3) is 1.00. The lowest BCUT2D eigenvalue weighted by molar-refractivity contribution is -0.121. The summed E-state index contributed by atoms with van der Waals surface area (Å²) in [5.74, 6) is 0.508. The third-order valence-corrected chi connectivity index (χ3v) is 3.87. The van der Waals surface area contributed by atoms with Crippen molar-refractivity contribution in [2.45, 2.75) is 58.1 Å². The van der Waals surface area contributed by atoms with Crippen LogP contribution < -0.4 is 5.73 Å². The average Bonchev–Trinajstić information content (AvgIpc) is 1.97. The van der Waals surface area contributed by atoms with Crippen LogP contribution >= 0.6 is 0 Å². The van der Waals surface area contributed by atoms with Crippen LogP contribution in [0.5, 0.6) is 0 Å². The van der Waals surface area contributed by atoms with Crippen molar-refractivity contribution >= 4 is 0 Å². The van der Waals surface area contributed by atoms with Gasteiger partial charge in [-0.1, -0.05) is 20.8 Å². The van der Waals surface area contributed by atoms with E-state index < -0.39 is 11.1 Å². The number of methoxy groups -OCH3 is 1. The van der Waals surface area contributed by atoms with Crippen LogP contribution in [0, 0.1) is 11.3 Å². The number of hydrogen-bond donors (Lipinski definition) is 2. The molecule has 3 heteroatoms. The summed E-state index contributed by atoms with van der Waals surface area (Å²) in [5, 5.41) is 10.8. The molecule has 0 bridgehead atoms. The van der Waals surface area contributed by atoms with E-state index in [4.69, 9.17) is 10.5 Å². The molecule has 3 unspecified atom stereocenters. The Balaban J connectivity index is 2.90. The first-order chi connectivity index (χ1) is 7.12. The fourth-order valence-corrected chi connectivity index (χ4v) is 3.40. The second-order valence-corrected chi connectivity index (χ2v) is 6.74. The molecule has 1 fully saturated rings. The average molecular weight is 229 g/mol. The highest BCUT2D eigenvalue weighted by molar-refractivity contribution is 5.06. The van der Waals surface area contributed by atoms with E-state index in [2.05, 4.69) is 20.8 Å². The molecule has 0 aromatic rings. The quantitative estimate of drug-likeness (QED) is 0.777. The lowest BCUT2D eigenvalue weighted by atomic mass is 9.60. The third kappa shape index (κ3) is 2.76. The summed E-state index contributed by atoms with van der Waals surface area (Å²) < 4.78 is 5.14. The van der Waals surface area contributed by atoms with E-state index in [1.165, 1.54) is 0 Å². The highest BCUT2D eigenvalue weighted by Gasteiger charge is 2.51. The van der Waals surface area contributed by atoms with Gasteiger partial charge in [0.2, 0.25) is 0 Å². The van der Waals surface area contributed by atoms with Crippen LogP contribution in [0.15, 0.2) is 0 Å². The molecular formula is C13H27NO2. The number of aliphatic hydroxyl groups is 1. The van der Waals surface area contributed by atoms with Crippen LogP contribution in [0.4, 0.5) is 0 Å². The van der Waals surface area contributed by atoms with Crippen LogP contribution in [0.25, 0.3) is 0 Å². The van der Waals surface area contributed by atoms with E-state index in [0.29, 0.717) is 12.5 Å². The van der Waals surface area contributed by atoms with Crippen molar-refractivity contribution in [1.82, 2.24) is 0 Å². The molecule has 0 aliphatic heterocycles. The molecule has 0 amide bonds. The molecule has 1 aliphatic carbocycles. The molecule has 1 saturated carbocycles. The van der Waals surface area contributed by atoms with Crippen molar-refractivity contribution in [3.63, 3.8) is 0 Å². The summed E-state index contributed by atoms with van der Waals surface area (Å²) in [4.78, 5) is 0. The largest absolute Gasteiger partial charge is 0.388 e. The molecule has 3 nitrogen and oxygen atoms in total. The second-order valence-electron chi connectivity index (χ2n) is 6.74. The predicted octanol–water partition coefficient (Wildman–Crippen LogP) is 1.93. The van der Waals surface area contributed by atoms with Crippen LogP contribution in [-0.2, 0) is 4.74 Å². The zero-order chi connectivity index (χ0) is 12.6. The summed E-state index contributed by atoms with van der Waals surface area (Å²) in [6.45, 7) is 8.89. The van der Waals surface area contributed by atoms with E-state index in [1.54, 1.807) is 7.11 Å². The van der Waals surface area contributed by atoms with Crippen molar-refractivity contribution in [1.29, 1.82) is 0 Å². The van der Waals surface area contributed by atoms with Gasteiger partial charge in [-0.05, 0) is 37.5 Å². The number of ether oxygens (including phenoxy) is 1. The highest BCUT2D eigenvalue weighted by Crippen LogP contribution is 2.47. The maximum absolute atomic E-state index is 10.8. The fourth-order valence-electron chi connectivity index (χ4n) is 3.40. The van der Waals surface area contributed by atoms with Crippen molar-refractivity contribution in [3.05, 3.63) is 0 Å². The summed E-state index contributed by atoms with van der Waals surface area (Å²) >= 11 is 0. The van der Waals surface area contributed by atoms with Crippen LogP contribution in [-0.4, -0.2) is 30.0 Å². The van der Waals surface area contributed by atoms with Crippen LogP contribution in [0.1, 0.15) is 47.0 Å². The van der Waals surface area contributed by atoms with E-state index in [0.717, 1.165) is 19.3 Å². The third-order valence-electron chi connectivity index (χ3n) is 3.87. The minimum Gasteiger partial charge on any atom is -0.388 e. The topological polar surface area (TPSA) is 55.5 Å². The standard InChI is InChI=1S/C13H27NO2/c1-10-6-11(2,3)8-13(15,7-10)12(4,14)9-16-5/h10,15H,6-9,14H2,1-5H3. The Morgan fingerprint density at radius 1 is 1.44 bits per heavy atom. The Bertz CT molecular complexity index is 250. The zero-order valence-corrected chi connectivity index (χ0v) is 11.3. The summed E-state index contributed by atoms with van der Waals surface area (Å²) in [7, 11) is 1.63. The van der Waals surface area contributed by atoms with Crippen molar-refractivity contribution in [2.75, 3.05) is 13.7 Å². The Hall–Kier alpha value is -0.120. The van der Waals surface area contributed by atoms with Gasteiger partial charge in [-0.15, -0.1) is 0 Å². The summed E-state index contributed by atoms with van der Waals surface area (Å²) in [5.41, 5.74) is 4.91. The molecule has 0 radical (unpaired) electrons. The van der Waals surface area contributed by atoms with Gasteiger partial charge in [-0.25, -0.2) is 0 Å². The van der Waals surface area contributed by atoms with Gasteiger partial charge in [-0.3, -0.25) is 0 Å².